The van der Waals surface area contributed by atoms with E-state index in [2.05, 4.69) is 10.2 Å². The molecule has 2 aromatic rings. The van der Waals surface area contributed by atoms with E-state index < -0.39 is 0 Å². The van der Waals surface area contributed by atoms with Gasteiger partial charge in [0.25, 0.3) is 0 Å². The van der Waals surface area contributed by atoms with E-state index in [-0.39, 0.29) is 11.5 Å². The minimum absolute atomic E-state index is 0.200. The first-order chi connectivity index (χ1) is 8.58. The number of benzene rings is 2. The van der Waals surface area contributed by atoms with Gasteiger partial charge in [0.2, 0.25) is 0 Å². The summed E-state index contributed by atoms with van der Waals surface area (Å²) in [5.41, 5.74) is 3.09. The molecule has 2 rings (SSSR count). The summed E-state index contributed by atoms with van der Waals surface area (Å²) in [5.74, 6) is 0.460. The van der Waals surface area contributed by atoms with E-state index in [4.69, 9.17) is 5.11 Å². The van der Waals surface area contributed by atoms with Crippen LogP contribution < -0.4 is 0 Å². The summed E-state index contributed by atoms with van der Waals surface area (Å²) in [6.07, 6.45) is 0. The lowest BCUT2D eigenvalue weighted by Crippen LogP contribution is -1.81. The highest BCUT2D eigenvalue weighted by atomic mass is 16.3. The third kappa shape index (κ3) is 2.48. The Hall–Kier alpha value is -2.36. The van der Waals surface area contributed by atoms with Crippen LogP contribution in [0.4, 0.5) is 11.4 Å². The molecule has 0 bridgehead atoms. The fraction of sp³-hybridized carbons (Fsp3) is 0.143. The predicted octanol–water partition coefficient (Wildman–Crippen LogP) is 4.13. The molecule has 0 fully saturated rings. The van der Waals surface area contributed by atoms with Crippen LogP contribution in [0.25, 0.3) is 0 Å². The summed E-state index contributed by atoms with van der Waals surface area (Å²) in [4.78, 5) is 0. The SMILES string of the molecule is Cc1c(O)ccc(N=Nc2ccc(O)cc2)c1C. The monoisotopic (exact) mass is 242 g/mol. The molecule has 92 valence electrons. The average Bonchev–Trinajstić information content (AvgIpc) is 2.37. The summed E-state index contributed by atoms with van der Waals surface area (Å²) in [6.45, 7) is 3.73. The minimum atomic E-state index is 0.200. The molecule has 0 amide bonds. The molecular weight excluding hydrogens is 228 g/mol. The molecule has 0 saturated heterocycles. The first-order valence-electron chi connectivity index (χ1n) is 5.58. The maximum atomic E-state index is 9.54. The van der Waals surface area contributed by atoms with E-state index in [9.17, 15) is 5.11 Å². The summed E-state index contributed by atoms with van der Waals surface area (Å²) in [6, 6.07) is 9.81. The lowest BCUT2D eigenvalue weighted by molar-refractivity contribution is 0.470. The summed E-state index contributed by atoms with van der Waals surface area (Å²) in [5, 5.41) is 26.9. The van der Waals surface area contributed by atoms with Gasteiger partial charge >= 0.3 is 0 Å². The van der Waals surface area contributed by atoms with Crippen LogP contribution in [0.3, 0.4) is 0 Å². The smallest absolute Gasteiger partial charge is 0.118 e. The second-order valence-electron chi connectivity index (χ2n) is 4.07. The Labute approximate surface area is 105 Å². The van der Waals surface area contributed by atoms with Crippen LogP contribution in [0, 0.1) is 13.8 Å². The fourth-order valence-electron chi connectivity index (χ4n) is 1.53. The molecule has 0 heterocycles. The Morgan fingerprint density at radius 2 is 1.44 bits per heavy atom. The summed E-state index contributed by atoms with van der Waals surface area (Å²) >= 11 is 0. The van der Waals surface area contributed by atoms with Gasteiger partial charge in [0.1, 0.15) is 11.5 Å². The van der Waals surface area contributed by atoms with Gasteiger partial charge in [0.05, 0.1) is 11.4 Å². The number of aromatic hydroxyl groups is 2. The molecule has 0 saturated carbocycles. The zero-order valence-electron chi connectivity index (χ0n) is 10.3. The third-order valence-corrected chi connectivity index (χ3v) is 2.85. The number of phenolic OH excluding ortho intramolecular Hbond substituents is 2. The van der Waals surface area contributed by atoms with Crippen molar-refractivity contribution >= 4 is 11.4 Å². The molecule has 18 heavy (non-hydrogen) atoms. The number of rotatable bonds is 2. The van der Waals surface area contributed by atoms with Crippen molar-refractivity contribution in [3.63, 3.8) is 0 Å². The molecule has 0 unspecified atom stereocenters. The van der Waals surface area contributed by atoms with Gasteiger partial charge in [-0.3, -0.25) is 0 Å². The number of azo groups is 1. The van der Waals surface area contributed by atoms with Crippen molar-refractivity contribution in [2.75, 3.05) is 0 Å². The van der Waals surface area contributed by atoms with E-state index in [0.717, 1.165) is 16.8 Å². The van der Waals surface area contributed by atoms with Gasteiger partial charge in [0, 0.05) is 0 Å². The first-order valence-corrected chi connectivity index (χ1v) is 5.58. The number of hydrogen-bond acceptors (Lipinski definition) is 4. The van der Waals surface area contributed by atoms with Crippen LogP contribution in [-0.2, 0) is 0 Å². The Morgan fingerprint density at radius 3 is 2.11 bits per heavy atom. The zero-order chi connectivity index (χ0) is 13.1. The minimum Gasteiger partial charge on any atom is -0.508 e. The van der Waals surface area contributed by atoms with Crippen molar-refractivity contribution < 1.29 is 10.2 Å². The molecule has 2 aromatic carbocycles. The molecule has 4 heteroatoms. The molecule has 0 aliphatic carbocycles. The summed E-state index contributed by atoms with van der Waals surface area (Å²) < 4.78 is 0. The highest BCUT2D eigenvalue weighted by Crippen LogP contribution is 2.29. The van der Waals surface area contributed by atoms with Gasteiger partial charge in [-0.15, -0.1) is 0 Å². The normalized spacial score (nSPS) is 11.0. The second-order valence-corrected chi connectivity index (χ2v) is 4.07. The van der Waals surface area contributed by atoms with E-state index in [1.54, 1.807) is 36.4 Å². The maximum absolute atomic E-state index is 9.54. The van der Waals surface area contributed by atoms with Crippen molar-refractivity contribution in [1.82, 2.24) is 0 Å². The molecule has 0 aromatic heterocycles. The first kappa shape index (κ1) is 12.1. The Morgan fingerprint density at radius 1 is 0.778 bits per heavy atom. The van der Waals surface area contributed by atoms with Gasteiger partial charge in [-0.05, 0) is 61.4 Å². The lowest BCUT2D eigenvalue weighted by atomic mass is 10.1. The molecule has 0 radical (unpaired) electrons. The second kappa shape index (κ2) is 4.87. The Bertz CT molecular complexity index is 589. The Kier molecular flexibility index (Phi) is 3.28. The maximum Gasteiger partial charge on any atom is 0.118 e. The number of hydrogen-bond donors (Lipinski definition) is 2. The molecule has 0 atom stereocenters. The third-order valence-electron chi connectivity index (χ3n) is 2.85. The van der Waals surface area contributed by atoms with Crippen LogP contribution in [0.2, 0.25) is 0 Å². The highest BCUT2D eigenvalue weighted by molar-refractivity contribution is 5.54. The highest BCUT2D eigenvalue weighted by Gasteiger charge is 2.04. The van der Waals surface area contributed by atoms with E-state index in [0.29, 0.717) is 5.69 Å². The molecule has 0 aliphatic rings. The lowest BCUT2D eigenvalue weighted by Gasteiger charge is -2.05. The predicted molar refractivity (Wildman–Crippen MR) is 69.9 cm³/mol. The van der Waals surface area contributed by atoms with E-state index in [1.165, 1.54) is 0 Å². The molecule has 2 N–H and O–H groups in total. The van der Waals surface area contributed by atoms with Crippen LogP contribution >= 0.6 is 0 Å². The van der Waals surface area contributed by atoms with Crippen molar-refractivity contribution in [3.8, 4) is 11.5 Å². The standard InChI is InChI=1S/C14H14N2O2/c1-9-10(2)14(18)8-7-13(9)16-15-11-3-5-12(17)6-4-11/h3-8,17-18H,1-2H3. The van der Waals surface area contributed by atoms with E-state index >= 15 is 0 Å². The molecule has 0 spiro atoms. The molecular formula is C14H14N2O2. The van der Waals surface area contributed by atoms with Crippen molar-refractivity contribution in [2.45, 2.75) is 13.8 Å². The zero-order valence-corrected chi connectivity index (χ0v) is 10.3. The van der Waals surface area contributed by atoms with Crippen molar-refractivity contribution in [1.29, 1.82) is 0 Å². The Balaban J connectivity index is 2.29. The van der Waals surface area contributed by atoms with Crippen LogP contribution in [0.15, 0.2) is 46.6 Å². The number of phenols is 2. The van der Waals surface area contributed by atoms with Gasteiger partial charge in [-0.25, -0.2) is 0 Å². The number of nitrogens with zero attached hydrogens (tertiary/aromatic N) is 2. The molecule has 0 aliphatic heterocycles. The van der Waals surface area contributed by atoms with Crippen LogP contribution in [0.1, 0.15) is 11.1 Å². The molecule has 4 nitrogen and oxygen atoms in total. The van der Waals surface area contributed by atoms with Gasteiger partial charge < -0.3 is 10.2 Å². The largest absolute Gasteiger partial charge is 0.508 e. The van der Waals surface area contributed by atoms with Crippen molar-refractivity contribution in [2.24, 2.45) is 10.2 Å². The van der Waals surface area contributed by atoms with Crippen molar-refractivity contribution in [3.05, 3.63) is 47.5 Å². The van der Waals surface area contributed by atoms with Gasteiger partial charge in [0.15, 0.2) is 0 Å². The quantitative estimate of drug-likeness (QED) is 0.777. The fourth-order valence-corrected chi connectivity index (χ4v) is 1.53. The van der Waals surface area contributed by atoms with Gasteiger partial charge in [-0.1, -0.05) is 0 Å². The van der Waals surface area contributed by atoms with E-state index in [1.807, 2.05) is 13.8 Å². The van der Waals surface area contributed by atoms with Gasteiger partial charge in [-0.2, -0.15) is 10.2 Å². The summed E-state index contributed by atoms with van der Waals surface area (Å²) in [7, 11) is 0. The van der Waals surface area contributed by atoms with Crippen LogP contribution in [0.5, 0.6) is 11.5 Å². The topological polar surface area (TPSA) is 65.2 Å². The average molecular weight is 242 g/mol. The van der Waals surface area contributed by atoms with Crippen LogP contribution in [-0.4, -0.2) is 10.2 Å².